The molecule has 1 aromatic carbocycles. The number of anilines is 1. The molecule has 0 atom stereocenters. The van der Waals surface area contributed by atoms with Crippen molar-refractivity contribution >= 4 is 11.6 Å². The molecule has 0 aromatic heterocycles. The fraction of sp³-hybridized carbons (Fsp3) is 0.533. The fourth-order valence-electron chi connectivity index (χ4n) is 1.96. The van der Waals surface area contributed by atoms with Crippen LogP contribution in [0, 0.1) is 5.92 Å². The lowest BCUT2D eigenvalue weighted by Gasteiger charge is -2.11. The maximum Gasteiger partial charge on any atom is 0.257 e. The van der Waals surface area contributed by atoms with Gasteiger partial charge in [0.15, 0.2) is 0 Å². The number of nitrogens with one attached hydrogen (secondary N) is 1. The highest BCUT2D eigenvalue weighted by Gasteiger charge is 2.20. The summed E-state index contributed by atoms with van der Waals surface area (Å²) in [5, 5.41) is 2.84. The number of carbonyl (C=O) groups is 1. The Kier molecular flexibility index (Phi) is 5.24. The van der Waals surface area contributed by atoms with Crippen LogP contribution in [0.15, 0.2) is 18.2 Å². The molecule has 0 unspecified atom stereocenters. The van der Waals surface area contributed by atoms with Crippen LogP contribution in [0.3, 0.4) is 0 Å². The van der Waals surface area contributed by atoms with E-state index in [-0.39, 0.29) is 5.91 Å². The SMILES string of the molecule is COc1cccc(N)c1C(=O)NCCCOCC1CC1. The van der Waals surface area contributed by atoms with Crippen LogP contribution in [0.1, 0.15) is 29.6 Å². The van der Waals surface area contributed by atoms with Crippen molar-refractivity contribution in [3.05, 3.63) is 23.8 Å². The largest absolute Gasteiger partial charge is 0.496 e. The highest BCUT2D eigenvalue weighted by Crippen LogP contribution is 2.28. The Morgan fingerprint density at radius 1 is 1.45 bits per heavy atom. The Morgan fingerprint density at radius 3 is 2.95 bits per heavy atom. The zero-order valence-electron chi connectivity index (χ0n) is 11.9. The zero-order valence-corrected chi connectivity index (χ0v) is 11.9. The second kappa shape index (κ2) is 7.14. The number of nitrogens with two attached hydrogens (primary N) is 1. The smallest absolute Gasteiger partial charge is 0.257 e. The minimum atomic E-state index is -0.206. The number of hydrogen-bond donors (Lipinski definition) is 2. The molecule has 0 heterocycles. The summed E-state index contributed by atoms with van der Waals surface area (Å²) in [6, 6.07) is 5.18. The van der Waals surface area contributed by atoms with Crippen molar-refractivity contribution in [1.29, 1.82) is 0 Å². The molecule has 0 radical (unpaired) electrons. The normalized spacial score (nSPS) is 14.1. The van der Waals surface area contributed by atoms with Crippen molar-refractivity contribution in [1.82, 2.24) is 5.32 Å². The molecule has 3 N–H and O–H groups in total. The van der Waals surface area contributed by atoms with Gasteiger partial charge in [-0.05, 0) is 37.3 Å². The minimum Gasteiger partial charge on any atom is -0.496 e. The van der Waals surface area contributed by atoms with Crippen LogP contribution in [0.4, 0.5) is 5.69 Å². The second-order valence-corrected chi connectivity index (χ2v) is 5.05. The van der Waals surface area contributed by atoms with Gasteiger partial charge in [-0.25, -0.2) is 0 Å². The summed E-state index contributed by atoms with van der Waals surface area (Å²) in [7, 11) is 1.53. The van der Waals surface area contributed by atoms with E-state index >= 15 is 0 Å². The van der Waals surface area contributed by atoms with E-state index in [2.05, 4.69) is 5.32 Å². The van der Waals surface area contributed by atoms with Crippen molar-refractivity contribution in [3.8, 4) is 5.75 Å². The van der Waals surface area contributed by atoms with Gasteiger partial charge in [0.2, 0.25) is 0 Å². The maximum atomic E-state index is 12.1. The molecule has 20 heavy (non-hydrogen) atoms. The maximum absolute atomic E-state index is 12.1. The second-order valence-electron chi connectivity index (χ2n) is 5.05. The first kappa shape index (κ1) is 14.7. The first-order valence-electron chi connectivity index (χ1n) is 7.00. The Morgan fingerprint density at radius 2 is 2.25 bits per heavy atom. The number of methoxy groups -OCH3 is 1. The summed E-state index contributed by atoms with van der Waals surface area (Å²) in [5.74, 6) is 1.06. The van der Waals surface area contributed by atoms with E-state index in [4.69, 9.17) is 15.2 Å². The lowest BCUT2D eigenvalue weighted by atomic mass is 10.1. The van der Waals surface area contributed by atoms with E-state index < -0.39 is 0 Å². The molecule has 0 saturated heterocycles. The molecule has 1 aliphatic rings. The van der Waals surface area contributed by atoms with Crippen LogP contribution >= 0.6 is 0 Å². The summed E-state index contributed by atoms with van der Waals surface area (Å²) in [6.07, 6.45) is 3.39. The first-order chi connectivity index (χ1) is 9.72. The van der Waals surface area contributed by atoms with Gasteiger partial charge in [-0.1, -0.05) is 6.07 Å². The summed E-state index contributed by atoms with van der Waals surface area (Å²) in [5.41, 5.74) is 6.64. The van der Waals surface area contributed by atoms with Crippen molar-refractivity contribution in [2.24, 2.45) is 5.92 Å². The van der Waals surface area contributed by atoms with Gasteiger partial charge in [-0.3, -0.25) is 4.79 Å². The van der Waals surface area contributed by atoms with Gasteiger partial charge in [0, 0.05) is 25.4 Å². The van der Waals surface area contributed by atoms with Crippen LogP contribution in [0.25, 0.3) is 0 Å². The van der Waals surface area contributed by atoms with E-state index in [1.54, 1.807) is 18.2 Å². The Labute approximate surface area is 119 Å². The van der Waals surface area contributed by atoms with Gasteiger partial charge in [0.05, 0.1) is 7.11 Å². The van der Waals surface area contributed by atoms with Gasteiger partial charge in [0.25, 0.3) is 5.91 Å². The van der Waals surface area contributed by atoms with Gasteiger partial charge in [0.1, 0.15) is 11.3 Å². The van der Waals surface area contributed by atoms with Gasteiger partial charge < -0.3 is 20.5 Å². The Bertz CT molecular complexity index is 458. The van der Waals surface area contributed by atoms with E-state index in [0.29, 0.717) is 30.2 Å². The number of rotatable bonds is 8. The van der Waals surface area contributed by atoms with E-state index in [1.165, 1.54) is 20.0 Å². The number of hydrogen-bond acceptors (Lipinski definition) is 4. The zero-order chi connectivity index (χ0) is 14.4. The summed E-state index contributed by atoms with van der Waals surface area (Å²) in [4.78, 5) is 12.1. The highest BCUT2D eigenvalue weighted by molar-refractivity contribution is 6.01. The van der Waals surface area contributed by atoms with E-state index in [0.717, 1.165) is 18.9 Å². The average molecular weight is 278 g/mol. The van der Waals surface area contributed by atoms with Crippen molar-refractivity contribution in [3.63, 3.8) is 0 Å². The third-order valence-electron chi connectivity index (χ3n) is 3.31. The van der Waals surface area contributed by atoms with Crippen LogP contribution in [0.2, 0.25) is 0 Å². The third kappa shape index (κ3) is 4.13. The van der Waals surface area contributed by atoms with E-state index in [1.807, 2.05) is 0 Å². The van der Waals surface area contributed by atoms with Crippen molar-refractivity contribution in [2.45, 2.75) is 19.3 Å². The van der Waals surface area contributed by atoms with E-state index in [9.17, 15) is 4.79 Å². The van der Waals surface area contributed by atoms with Gasteiger partial charge in [-0.15, -0.1) is 0 Å². The molecule has 5 nitrogen and oxygen atoms in total. The third-order valence-corrected chi connectivity index (χ3v) is 3.31. The average Bonchev–Trinajstić information content (AvgIpc) is 3.26. The fourth-order valence-corrected chi connectivity index (χ4v) is 1.96. The highest BCUT2D eigenvalue weighted by atomic mass is 16.5. The molecule has 1 amide bonds. The van der Waals surface area contributed by atoms with Crippen molar-refractivity contribution in [2.75, 3.05) is 32.6 Å². The number of benzene rings is 1. The lowest BCUT2D eigenvalue weighted by molar-refractivity contribution is 0.0935. The number of ether oxygens (including phenoxy) is 2. The van der Waals surface area contributed by atoms with Gasteiger partial charge >= 0.3 is 0 Å². The standard InChI is InChI=1S/C15H22N2O3/c1-19-13-5-2-4-12(16)14(13)15(18)17-8-3-9-20-10-11-6-7-11/h2,4-5,11H,3,6-10,16H2,1H3,(H,17,18). The van der Waals surface area contributed by atoms with Crippen LogP contribution in [-0.2, 0) is 4.74 Å². The topological polar surface area (TPSA) is 73.6 Å². The molecule has 0 spiro atoms. The first-order valence-corrected chi connectivity index (χ1v) is 7.00. The van der Waals surface area contributed by atoms with Gasteiger partial charge in [-0.2, -0.15) is 0 Å². The molecule has 1 saturated carbocycles. The molecular formula is C15H22N2O3. The van der Waals surface area contributed by atoms with Crippen LogP contribution < -0.4 is 15.8 Å². The molecule has 5 heteroatoms. The number of amides is 1. The summed E-state index contributed by atoms with van der Waals surface area (Å²) < 4.78 is 10.7. The molecule has 1 fully saturated rings. The molecular weight excluding hydrogens is 256 g/mol. The Hall–Kier alpha value is -1.75. The molecule has 1 aromatic rings. The monoisotopic (exact) mass is 278 g/mol. The summed E-state index contributed by atoms with van der Waals surface area (Å²) in [6.45, 7) is 2.10. The molecule has 110 valence electrons. The molecule has 0 aliphatic heterocycles. The predicted molar refractivity (Wildman–Crippen MR) is 77.9 cm³/mol. The predicted octanol–water partition coefficient (Wildman–Crippen LogP) is 1.82. The lowest BCUT2D eigenvalue weighted by Crippen LogP contribution is -2.26. The number of nitrogen functional groups attached to an aromatic ring is 1. The molecule has 2 rings (SSSR count). The van der Waals surface area contributed by atoms with Crippen LogP contribution in [-0.4, -0.2) is 32.8 Å². The summed E-state index contributed by atoms with van der Waals surface area (Å²) >= 11 is 0. The Balaban J connectivity index is 1.73. The quantitative estimate of drug-likeness (QED) is 0.562. The van der Waals surface area contributed by atoms with Crippen molar-refractivity contribution < 1.29 is 14.3 Å². The molecule has 0 bridgehead atoms. The molecule has 1 aliphatic carbocycles. The number of carbonyl (C=O) groups excluding carboxylic acids is 1. The van der Waals surface area contributed by atoms with Crippen LogP contribution in [0.5, 0.6) is 5.75 Å². The minimum absolute atomic E-state index is 0.206.